The topological polar surface area (TPSA) is 125 Å². The van der Waals surface area contributed by atoms with Gasteiger partial charge in [0, 0.05) is 42.7 Å². The van der Waals surface area contributed by atoms with Gasteiger partial charge in [-0.05, 0) is 63.9 Å². The summed E-state index contributed by atoms with van der Waals surface area (Å²) in [6.45, 7) is 4.19. The summed E-state index contributed by atoms with van der Waals surface area (Å²) in [5.74, 6) is -0.0925. The van der Waals surface area contributed by atoms with Crippen molar-refractivity contribution >= 4 is 34.1 Å². The van der Waals surface area contributed by atoms with Gasteiger partial charge in [-0.25, -0.2) is 4.39 Å². The summed E-state index contributed by atoms with van der Waals surface area (Å²) in [7, 11) is 4.26. The van der Waals surface area contributed by atoms with E-state index in [4.69, 9.17) is 30.2 Å². The number of allylic oxidation sites excluding steroid dienone is 4. The average Bonchev–Trinajstić information content (AvgIpc) is 3.66. The van der Waals surface area contributed by atoms with E-state index in [1.54, 1.807) is 12.3 Å². The molecule has 12 heteroatoms. The number of thioether (sulfide) groups is 1. The minimum Gasteiger partial charge on any atom is -0.463 e. The molecular weight excluding hydrogens is 579 g/mol. The molecule has 0 spiro atoms. The number of ether oxygens (including phenoxy) is 2. The highest BCUT2D eigenvalue weighted by atomic mass is 32.2. The number of rotatable bonds is 10. The number of aromatic nitrogens is 3. The molecule has 3 N–H and O–H groups in total. The van der Waals surface area contributed by atoms with Crippen molar-refractivity contribution < 1.29 is 13.9 Å². The van der Waals surface area contributed by atoms with Gasteiger partial charge in [0.05, 0.1) is 63.9 Å². The van der Waals surface area contributed by atoms with Crippen LogP contribution in [0, 0.1) is 22.7 Å². The van der Waals surface area contributed by atoms with Crippen LogP contribution in [-0.2, 0) is 4.74 Å². The number of nitrogens with one attached hydrogen (secondary N) is 1. The number of likely N-dealkylation sites (N-methyl/N-ethyl adjacent to an activating group) is 1. The van der Waals surface area contributed by atoms with E-state index in [9.17, 15) is 9.65 Å². The van der Waals surface area contributed by atoms with Crippen molar-refractivity contribution in [1.29, 1.82) is 5.26 Å². The maximum Gasteiger partial charge on any atom is 0.318 e. The van der Waals surface area contributed by atoms with Gasteiger partial charge >= 0.3 is 6.01 Å². The normalized spacial score (nSPS) is 29.4. The second-order valence-corrected chi connectivity index (χ2v) is 14.7. The number of morpholine rings is 1. The van der Waals surface area contributed by atoms with E-state index >= 15 is 0 Å². The first-order chi connectivity index (χ1) is 21.3. The molecule has 0 bridgehead atoms. The highest BCUT2D eigenvalue weighted by molar-refractivity contribution is 8.04. The zero-order valence-electron chi connectivity index (χ0n) is 25.1. The molecule has 5 heterocycles. The lowest BCUT2D eigenvalue weighted by atomic mass is 9.75. The number of nitrogens with zero attached hydrogens (tertiary/aromatic N) is 6. The third-order valence-electron chi connectivity index (χ3n) is 10.8. The molecule has 0 aromatic carbocycles. The molecule has 2 saturated heterocycles. The molecule has 2 aromatic rings. The van der Waals surface area contributed by atoms with Crippen LogP contribution in [-0.4, -0.2) is 94.6 Å². The Bertz CT molecular complexity index is 1660. The van der Waals surface area contributed by atoms with Crippen LogP contribution in [0.2, 0.25) is 0 Å². The lowest BCUT2D eigenvalue weighted by molar-refractivity contribution is -0.218. The number of pyridine rings is 1. The molecule has 230 valence electrons. The van der Waals surface area contributed by atoms with Crippen LogP contribution in [0.25, 0.3) is 16.5 Å². The van der Waals surface area contributed by atoms with Crippen LogP contribution in [0.4, 0.5) is 10.2 Å². The standard InChI is InChI=1S/C32H37FN8O2S/c1-40(2)32(6-3-7-32)15-37-29-20-12-36-22(18-4-5-21(33)27-26(18)19(11-34)28(35)44-27)10-23(20)38-30(39-29)43-17-31(8-9-31)16-41-13-25-24(41)14-42-25/h4-5,10,12,24-27H,3,6-9,13-17,35H2,1-2H3,(H,37,38,39)/t24-,25?,26?,27?/m0/s1. The number of fused-ring (bicyclic) bond motifs is 3. The van der Waals surface area contributed by atoms with Gasteiger partial charge < -0.3 is 25.4 Å². The molecule has 3 aliphatic carbocycles. The first-order valence-corrected chi connectivity index (χ1v) is 16.4. The number of hydrogen-bond donors (Lipinski definition) is 2. The molecule has 2 aromatic heterocycles. The molecule has 6 aliphatic rings. The van der Waals surface area contributed by atoms with Gasteiger partial charge in [-0.2, -0.15) is 15.2 Å². The summed E-state index contributed by atoms with van der Waals surface area (Å²) in [6.07, 6.45) is 11.1. The fourth-order valence-corrected chi connectivity index (χ4v) is 8.42. The Balaban J connectivity index is 1.10. The second kappa shape index (κ2) is 10.4. The third-order valence-corrected chi connectivity index (χ3v) is 12.0. The number of anilines is 1. The number of likely N-dealkylation sites (tertiary alicyclic amines) is 1. The summed E-state index contributed by atoms with van der Waals surface area (Å²) < 4.78 is 26.8. The Morgan fingerprint density at radius 2 is 2.11 bits per heavy atom. The minimum atomic E-state index is -0.559. The molecule has 10 nitrogen and oxygen atoms in total. The number of hydrogen-bond acceptors (Lipinski definition) is 11. The SMILES string of the molecule is CN(C)C1(CNc2nc(OCC3(CN4CC5OC[C@@H]54)CC3)nc3cc(C4=CC=C(F)C5SC(N)=C(C#N)C45)ncc23)CCC1. The molecule has 8 rings (SSSR count). The fourth-order valence-electron chi connectivity index (χ4n) is 7.24. The van der Waals surface area contributed by atoms with Gasteiger partial charge in [0.15, 0.2) is 0 Å². The largest absolute Gasteiger partial charge is 0.463 e. The molecule has 0 amide bonds. The molecule has 4 atom stereocenters. The number of halogens is 1. The summed E-state index contributed by atoms with van der Waals surface area (Å²) in [5, 5.41) is 14.1. The summed E-state index contributed by atoms with van der Waals surface area (Å²) in [6, 6.07) is 5.02. The van der Waals surface area contributed by atoms with Gasteiger partial charge in [-0.3, -0.25) is 9.88 Å². The van der Waals surface area contributed by atoms with Crippen LogP contribution in [0.3, 0.4) is 0 Å². The summed E-state index contributed by atoms with van der Waals surface area (Å²) in [5.41, 5.74) is 8.82. The van der Waals surface area contributed by atoms with Crippen molar-refractivity contribution in [2.75, 3.05) is 52.3 Å². The van der Waals surface area contributed by atoms with Crippen LogP contribution in [0.15, 0.2) is 40.8 Å². The molecule has 2 saturated carbocycles. The van der Waals surface area contributed by atoms with Crippen LogP contribution in [0.1, 0.15) is 37.8 Å². The van der Waals surface area contributed by atoms with Crippen molar-refractivity contribution in [3.05, 3.63) is 46.5 Å². The van der Waals surface area contributed by atoms with Crippen molar-refractivity contribution in [1.82, 2.24) is 24.8 Å². The monoisotopic (exact) mass is 616 g/mol. The van der Waals surface area contributed by atoms with E-state index in [1.165, 1.54) is 24.3 Å². The molecule has 3 unspecified atom stereocenters. The maximum absolute atomic E-state index is 14.8. The zero-order chi connectivity index (χ0) is 30.2. The van der Waals surface area contributed by atoms with E-state index in [1.807, 2.05) is 6.07 Å². The van der Waals surface area contributed by atoms with E-state index < -0.39 is 11.2 Å². The summed E-state index contributed by atoms with van der Waals surface area (Å²) in [4.78, 5) is 19.3. The van der Waals surface area contributed by atoms with Crippen molar-refractivity contribution in [2.24, 2.45) is 17.1 Å². The Morgan fingerprint density at radius 1 is 1.27 bits per heavy atom. The Labute approximate surface area is 260 Å². The van der Waals surface area contributed by atoms with Gasteiger partial charge in [0.2, 0.25) is 0 Å². The molecular formula is C32H37FN8O2S. The quantitative estimate of drug-likeness (QED) is 0.405. The van der Waals surface area contributed by atoms with Gasteiger partial charge in [-0.15, -0.1) is 0 Å². The van der Waals surface area contributed by atoms with E-state index in [-0.39, 0.29) is 16.8 Å². The van der Waals surface area contributed by atoms with Crippen LogP contribution >= 0.6 is 11.8 Å². The third kappa shape index (κ3) is 4.59. The highest BCUT2D eigenvalue weighted by Crippen LogP contribution is 2.51. The van der Waals surface area contributed by atoms with Crippen molar-refractivity contribution in [3.8, 4) is 12.1 Å². The summed E-state index contributed by atoms with van der Waals surface area (Å²) >= 11 is 1.20. The highest BCUT2D eigenvalue weighted by Gasteiger charge is 2.53. The molecule has 4 fully saturated rings. The second-order valence-electron chi connectivity index (χ2n) is 13.5. The molecule has 44 heavy (non-hydrogen) atoms. The Kier molecular flexibility index (Phi) is 6.68. The van der Waals surface area contributed by atoms with Crippen molar-refractivity contribution in [3.63, 3.8) is 0 Å². The first kappa shape index (κ1) is 28.2. The van der Waals surface area contributed by atoms with E-state index in [0.29, 0.717) is 52.4 Å². The predicted octanol–water partition coefficient (Wildman–Crippen LogP) is 3.84. The maximum atomic E-state index is 14.8. The van der Waals surface area contributed by atoms with Crippen LogP contribution < -0.4 is 15.8 Å². The smallest absolute Gasteiger partial charge is 0.318 e. The number of nitriles is 1. The lowest BCUT2D eigenvalue weighted by Crippen LogP contribution is -2.71. The van der Waals surface area contributed by atoms with Gasteiger partial charge in [-0.1, -0.05) is 17.8 Å². The van der Waals surface area contributed by atoms with Crippen molar-refractivity contribution in [2.45, 2.75) is 55.0 Å². The average molecular weight is 617 g/mol. The van der Waals surface area contributed by atoms with E-state index in [2.05, 4.69) is 35.3 Å². The first-order valence-electron chi connectivity index (χ1n) is 15.5. The minimum absolute atomic E-state index is 0.0858. The van der Waals surface area contributed by atoms with Crippen LogP contribution in [0.5, 0.6) is 6.01 Å². The number of nitrogens with two attached hydrogens (primary N) is 1. The Morgan fingerprint density at radius 3 is 2.75 bits per heavy atom. The lowest BCUT2D eigenvalue weighted by Gasteiger charge is -2.55. The van der Waals surface area contributed by atoms with Gasteiger partial charge in [0.25, 0.3) is 0 Å². The zero-order valence-corrected chi connectivity index (χ0v) is 25.9. The molecule has 3 aliphatic heterocycles. The Hall–Kier alpha value is -3.24. The van der Waals surface area contributed by atoms with Gasteiger partial charge in [0.1, 0.15) is 11.6 Å². The predicted molar refractivity (Wildman–Crippen MR) is 167 cm³/mol. The van der Waals surface area contributed by atoms with E-state index in [0.717, 1.165) is 62.9 Å². The molecule has 0 radical (unpaired) electrons. The fraction of sp³-hybridized carbons (Fsp3) is 0.562.